The van der Waals surface area contributed by atoms with E-state index in [0.717, 1.165) is 11.1 Å². The largest absolute Gasteiger partial charge is 0.478 e. The molecule has 0 aliphatic carbocycles. The van der Waals surface area contributed by atoms with E-state index in [0.29, 0.717) is 16.1 Å². The van der Waals surface area contributed by atoms with Crippen molar-refractivity contribution in [1.82, 2.24) is 0 Å². The second-order valence-electron chi connectivity index (χ2n) is 6.26. The van der Waals surface area contributed by atoms with Crippen molar-refractivity contribution in [3.8, 4) is 21.6 Å². The Labute approximate surface area is 162 Å². The van der Waals surface area contributed by atoms with Crippen LogP contribution in [0.2, 0.25) is 0 Å². The normalized spacial score (nSPS) is 11.5. The zero-order chi connectivity index (χ0) is 19.6. The molecule has 0 saturated carbocycles. The number of anilines is 1. The first-order valence-electron chi connectivity index (χ1n) is 8.32. The van der Waals surface area contributed by atoms with Crippen molar-refractivity contribution in [2.24, 2.45) is 0 Å². The van der Waals surface area contributed by atoms with Gasteiger partial charge in [0.25, 0.3) is 0 Å². The number of hydrogen-bond acceptors (Lipinski definition) is 4. The van der Waals surface area contributed by atoms with Crippen molar-refractivity contribution in [3.63, 3.8) is 0 Å². The third-order valence-corrected chi connectivity index (χ3v) is 6.82. The summed E-state index contributed by atoms with van der Waals surface area (Å²) in [5.41, 5.74) is 2.63. The van der Waals surface area contributed by atoms with Crippen molar-refractivity contribution >= 4 is 33.0 Å². The van der Waals surface area contributed by atoms with E-state index in [-0.39, 0.29) is 5.56 Å². The van der Waals surface area contributed by atoms with Gasteiger partial charge in [-0.15, -0.1) is 11.3 Å². The predicted octanol–water partition coefficient (Wildman–Crippen LogP) is 4.93. The lowest BCUT2D eigenvalue weighted by molar-refractivity contribution is 0.0698. The molecule has 0 amide bonds. The summed E-state index contributed by atoms with van der Waals surface area (Å²) < 4.78 is 27.3. The van der Waals surface area contributed by atoms with E-state index in [2.05, 4.69) is 4.72 Å². The van der Waals surface area contributed by atoms with Gasteiger partial charge in [0.1, 0.15) is 0 Å². The molecule has 27 heavy (non-hydrogen) atoms. The highest BCUT2D eigenvalue weighted by atomic mass is 32.2. The number of rotatable bonds is 6. The molecule has 0 aliphatic rings. The van der Waals surface area contributed by atoms with Crippen molar-refractivity contribution in [3.05, 3.63) is 65.5 Å². The molecule has 1 aromatic heterocycles. The fraction of sp³-hybridized carbons (Fsp3) is 0.150. The van der Waals surface area contributed by atoms with E-state index in [1.54, 1.807) is 31.4 Å². The van der Waals surface area contributed by atoms with Crippen LogP contribution < -0.4 is 4.72 Å². The smallest absolute Gasteiger partial charge is 0.336 e. The summed E-state index contributed by atoms with van der Waals surface area (Å²) in [5.74, 6) is -1.06. The maximum Gasteiger partial charge on any atom is 0.336 e. The molecule has 0 spiro atoms. The summed E-state index contributed by atoms with van der Waals surface area (Å²) in [5, 5.41) is 10.9. The summed E-state index contributed by atoms with van der Waals surface area (Å²) in [6.07, 6.45) is 0. The zero-order valence-electron chi connectivity index (χ0n) is 14.8. The fourth-order valence-electron chi connectivity index (χ4n) is 2.69. The Balaban J connectivity index is 2.24. The van der Waals surface area contributed by atoms with Gasteiger partial charge in [-0.3, -0.25) is 4.72 Å². The summed E-state index contributed by atoms with van der Waals surface area (Å²) in [6.45, 7) is 3.18. The number of carboxylic acids is 1. The van der Waals surface area contributed by atoms with Gasteiger partial charge in [0.15, 0.2) is 0 Å². The van der Waals surface area contributed by atoms with Crippen molar-refractivity contribution in [1.29, 1.82) is 0 Å². The van der Waals surface area contributed by atoms with Gasteiger partial charge in [0.2, 0.25) is 10.0 Å². The predicted molar refractivity (Wildman–Crippen MR) is 110 cm³/mol. The minimum Gasteiger partial charge on any atom is -0.478 e. The molecule has 2 N–H and O–H groups in total. The van der Waals surface area contributed by atoms with Crippen LogP contribution in [0.15, 0.2) is 60.0 Å². The Morgan fingerprint density at radius 1 is 1.04 bits per heavy atom. The second kappa shape index (κ2) is 7.54. The average Bonchev–Trinajstić information content (AvgIpc) is 3.08. The Hall–Kier alpha value is -2.64. The topological polar surface area (TPSA) is 83.5 Å². The minimum absolute atomic E-state index is 0.129. The number of carbonyl (C=O) groups is 1. The highest BCUT2D eigenvalue weighted by Crippen LogP contribution is 2.42. The Morgan fingerprint density at radius 3 is 2.37 bits per heavy atom. The number of carboxylic acid groups (broad SMARTS) is 1. The Bertz CT molecular complexity index is 1070. The lowest BCUT2D eigenvalue weighted by Gasteiger charge is -2.16. The highest BCUT2D eigenvalue weighted by molar-refractivity contribution is 7.93. The number of hydrogen-bond donors (Lipinski definition) is 2. The molecule has 0 saturated heterocycles. The number of nitrogens with one attached hydrogen (secondary N) is 1. The van der Waals surface area contributed by atoms with Crippen LogP contribution in [0.1, 0.15) is 24.2 Å². The molecule has 0 aliphatic heterocycles. The van der Waals surface area contributed by atoms with Gasteiger partial charge in [0, 0.05) is 5.56 Å². The second-order valence-corrected chi connectivity index (χ2v) is 9.41. The van der Waals surface area contributed by atoms with E-state index in [1.165, 1.54) is 17.4 Å². The van der Waals surface area contributed by atoms with E-state index < -0.39 is 21.2 Å². The standard InChI is InChI=1S/C20H19NO4S2/c1-13(2)27(24,25)21-17-11-12-26-19(17)18-15(14-7-4-3-5-8-14)9-6-10-16(18)20(22)23/h3-13,21H,1-2H3,(H,22,23). The van der Waals surface area contributed by atoms with Crippen molar-refractivity contribution in [2.75, 3.05) is 4.72 Å². The first kappa shape index (κ1) is 19.1. The maximum atomic E-state index is 12.3. The van der Waals surface area contributed by atoms with Crippen LogP contribution in [0.3, 0.4) is 0 Å². The first-order chi connectivity index (χ1) is 12.8. The zero-order valence-corrected chi connectivity index (χ0v) is 16.5. The van der Waals surface area contributed by atoms with Crippen LogP contribution in [0, 0.1) is 0 Å². The lowest BCUT2D eigenvalue weighted by atomic mass is 9.94. The van der Waals surface area contributed by atoms with Crippen LogP contribution in [-0.4, -0.2) is 24.7 Å². The summed E-state index contributed by atoms with van der Waals surface area (Å²) in [4.78, 5) is 12.5. The van der Waals surface area contributed by atoms with E-state index in [4.69, 9.17) is 0 Å². The van der Waals surface area contributed by atoms with E-state index in [9.17, 15) is 18.3 Å². The molecule has 7 heteroatoms. The maximum absolute atomic E-state index is 12.3. The van der Waals surface area contributed by atoms with Gasteiger partial charge >= 0.3 is 5.97 Å². The van der Waals surface area contributed by atoms with Gasteiger partial charge in [0.05, 0.1) is 21.4 Å². The van der Waals surface area contributed by atoms with E-state index >= 15 is 0 Å². The number of sulfonamides is 1. The first-order valence-corrected chi connectivity index (χ1v) is 10.7. The van der Waals surface area contributed by atoms with Crippen LogP contribution in [0.5, 0.6) is 0 Å². The van der Waals surface area contributed by atoms with E-state index in [1.807, 2.05) is 36.4 Å². The van der Waals surface area contributed by atoms with Gasteiger partial charge in [-0.1, -0.05) is 42.5 Å². The average molecular weight is 402 g/mol. The highest BCUT2D eigenvalue weighted by Gasteiger charge is 2.23. The molecule has 0 unspecified atom stereocenters. The number of thiophene rings is 1. The van der Waals surface area contributed by atoms with Gasteiger partial charge in [-0.25, -0.2) is 13.2 Å². The molecule has 140 valence electrons. The third-order valence-electron chi connectivity index (χ3n) is 4.14. The number of aromatic carboxylic acids is 1. The molecule has 0 bridgehead atoms. The van der Waals surface area contributed by atoms with Gasteiger partial charge in [-0.05, 0) is 42.5 Å². The van der Waals surface area contributed by atoms with Gasteiger partial charge < -0.3 is 5.11 Å². The Morgan fingerprint density at radius 2 is 1.74 bits per heavy atom. The third kappa shape index (κ3) is 3.89. The molecule has 2 aromatic carbocycles. The SMILES string of the molecule is CC(C)S(=O)(=O)Nc1ccsc1-c1c(C(=O)O)cccc1-c1ccccc1. The molecule has 0 fully saturated rings. The molecule has 3 rings (SSSR count). The van der Waals surface area contributed by atoms with Crippen molar-refractivity contribution < 1.29 is 18.3 Å². The molecule has 1 heterocycles. The Kier molecular flexibility index (Phi) is 5.34. The molecule has 0 atom stereocenters. The van der Waals surface area contributed by atoms with Crippen LogP contribution >= 0.6 is 11.3 Å². The van der Waals surface area contributed by atoms with Crippen LogP contribution in [-0.2, 0) is 10.0 Å². The molecular weight excluding hydrogens is 382 g/mol. The molecule has 5 nitrogen and oxygen atoms in total. The minimum atomic E-state index is -3.55. The monoisotopic (exact) mass is 401 g/mol. The molecule has 0 radical (unpaired) electrons. The fourth-order valence-corrected chi connectivity index (χ4v) is 4.39. The van der Waals surface area contributed by atoms with Crippen LogP contribution in [0.4, 0.5) is 5.69 Å². The lowest BCUT2D eigenvalue weighted by Crippen LogP contribution is -2.22. The van der Waals surface area contributed by atoms with Crippen LogP contribution in [0.25, 0.3) is 21.6 Å². The molecule has 3 aromatic rings. The quantitative estimate of drug-likeness (QED) is 0.613. The van der Waals surface area contributed by atoms with Crippen molar-refractivity contribution in [2.45, 2.75) is 19.1 Å². The van der Waals surface area contributed by atoms with Gasteiger partial charge in [-0.2, -0.15) is 0 Å². The number of benzene rings is 2. The molecular formula is C20H19NO4S2. The summed E-state index contributed by atoms with van der Waals surface area (Å²) in [7, 11) is -3.55. The summed E-state index contributed by atoms with van der Waals surface area (Å²) >= 11 is 1.31. The summed E-state index contributed by atoms with van der Waals surface area (Å²) in [6, 6.07) is 16.2.